The van der Waals surface area contributed by atoms with Crippen molar-refractivity contribution in [2.24, 2.45) is 0 Å². The minimum atomic E-state index is -3.01. The van der Waals surface area contributed by atoms with E-state index in [1.807, 2.05) is 11.8 Å². The molecule has 1 aromatic carbocycles. The van der Waals surface area contributed by atoms with Crippen LogP contribution in [0.3, 0.4) is 0 Å². The topological polar surface area (TPSA) is 60.0 Å². The fourth-order valence-electron chi connectivity index (χ4n) is 2.96. The van der Waals surface area contributed by atoms with Crippen molar-refractivity contribution >= 4 is 23.3 Å². The quantitative estimate of drug-likeness (QED) is 0.556. The van der Waals surface area contributed by atoms with E-state index in [4.69, 9.17) is 21.7 Å². The Balaban J connectivity index is 2.55. The Labute approximate surface area is 162 Å². The predicted octanol–water partition coefficient (Wildman–Crippen LogP) is 3.38. The van der Waals surface area contributed by atoms with Crippen LogP contribution < -0.4 is 14.8 Å². The zero-order chi connectivity index (χ0) is 20.1. The van der Waals surface area contributed by atoms with Crippen LogP contribution in [0.15, 0.2) is 29.5 Å². The smallest absolute Gasteiger partial charge is 0.387 e. The average Bonchev–Trinajstić information content (AvgIpc) is 2.63. The van der Waals surface area contributed by atoms with Crippen LogP contribution in [0.5, 0.6) is 11.5 Å². The van der Waals surface area contributed by atoms with Gasteiger partial charge in [0.2, 0.25) is 0 Å². The van der Waals surface area contributed by atoms with Gasteiger partial charge in [-0.25, -0.2) is 4.79 Å². The van der Waals surface area contributed by atoms with Gasteiger partial charge in [-0.1, -0.05) is 13.0 Å². The highest BCUT2D eigenvalue weighted by Crippen LogP contribution is 2.36. The van der Waals surface area contributed by atoms with Crippen LogP contribution in [0.4, 0.5) is 8.78 Å². The number of benzene rings is 1. The van der Waals surface area contributed by atoms with Gasteiger partial charge in [-0.2, -0.15) is 8.78 Å². The number of esters is 1. The third-order valence-electron chi connectivity index (χ3n) is 4.19. The normalized spacial score (nSPS) is 17.1. The van der Waals surface area contributed by atoms with Crippen molar-refractivity contribution in [3.63, 3.8) is 0 Å². The summed E-state index contributed by atoms with van der Waals surface area (Å²) in [5.41, 5.74) is 1.53. The van der Waals surface area contributed by atoms with Crippen molar-refractivity contribution in [1.29, 1.82) is 0 Å². The maximum atomic E-state index is 12.7. The summed E-state index contributed by atoms with van der Waals surface area (Å²) in [6.45, 7) is 1.40. The van der Waals surface area contributed by atoms with Gasteiger partial charge in [-0.05, 0) is 43.3 Å². The number of rotatable bonds is 7. The second kappa shape index (κ2) is 8.98. The molecule has 1 heterocycles. The molecular formula is C18H22F2N2O4S. The Kier molecular flexibility index (Phi) is 6.95. The minimum absolute atomic E-state index is 0.129. The first kappa shape index (κ1) is 20.9. The van der Waals surface area contributed by atoms with Crippen LogP contribution in [0, 0.1) is 0 Å². The van der Waals surface area contributed by atoms with Crippen LogP contribution in [-0.4, -0.2) is 43.4 Å². The molecule has 0 bridgehead atoms. The van der Waals surface area contributed by atoms with Gasteiger partial charge in [0.1, 0.15) is 0 Å². The van der Waals surface area contributed by atoms with Crippen LogP contribution in [0.1, 0.15) is 31.9 Å². The number of halogens is 2. The molecule has 1 aromatic rings. The summed E-state index contributed by atoms with van der Waals surface area (Å²) < 4.78 is 40.0. The molecule has 0 radical (unpaired) electrons. The van der Waals surface area contributed by atoms with Gasteiger partial charge in [0, 0.05) is 12.2 Å². The molecular weight excluding hydrogens is 378 g/mol. The molecule has 0 aliphatic carbocycles. The van der Waals surface area contributed by atoms with E-state index >= 15 is 0 Å². The van der Waals surface area contributed by atoms with Crippen LogP contribution >= 0.6 is 12.2 Å². The first-order valence-electron chi connectivity index (χ1n) is 8.33. The lowest BCUT2D eigenvalue weighted by Crippen LogP contribution is -2.48. The Morgan fingerprint density at radius 2 is 2.04 bits per heavy atom. The maximum Gasteiger partial charge on any atom is 0.387 e. The zero-order valence-corrected chi connectivity index (χ0v) is 16.4. The highest BCUT2D eigenvalue weighted by Gasteiger charge is 2.34. The molecule has 1 aliphatic rings. The summed E-state index contributed by atoms with van der Waals surface area (Å²) in [4.78, 5) is 14.3. The second-order valence-corrected chi connectivity index (χ2v) is 6.20. The van der Waals surface area contributed by atoms with E-state index in [2.05, 4.69) is 10.1 Å². The number of hydrogen-bond donors (Lipinski definition) is 1. The van der Waals surface area contributed by atoms with Crippen molar-refractivity contribution in [3.8, 4) is 11.5 Å². The fraction of sp³-hybridized carbons (Fsp3) is 0.444. The number of allylic oxidation sites excluding steroid dienone is 1. The van der Waals surface area contributed by atoms with E-state index in [-0.39, 0.29) is 11.5 Å². The lowest BCUT2D eigenvalue weighted by molar-refractivity contribution is -0.136. The number of carbonyl (C=O) groups is 1. The second-order valence-electron chi connectivity index (χ2n) is 5.81. The Bertz CT molecular complexity index is 755. The first-order valence-corrected chi connectivity index (χ1v) is 8.74. The molecule has 2 rings (SSSR count). The molecule has 1 aliphatic heterocycles. The number of alkyl halides is 2. The number of nitrogens with one attached hydrogen (secondary N) is 1. The van der Waals surface area contributed by atoms with Crippen LogP contribution in [0.2, 0.25) is 0 Å². The minimum Gasteiger partial charge on any atom is -0.493 e. The van der Waals surface area contributed by atoms with E-state index < -0.39 is 18.6 Å². The van der Waals surface area contributed by atoms with Crippen LogP contribution in [0.25, 0.3) is 0 Å². The number of nitrogens with zero attached hydrogens (tertiary/aromatic N) is 1. The fourth-order valence-corrected chi connectivity index (χ4v) is 3.31. The number of hydrogen-bond acceptors (Lipinski definition) is 5. The van der Waals surface area contributed by atoms with Gasteiger partial charge < -0.3 is 24.4 Å². The molecule has 1 atom stereocenters. The summed E-state index contributed by atoms with van der Waals surface area (Å²) in [5.74, 6) is -0.498. The molecule has 0 saturated heterocycles. The van der Waals surface area contributed by atoms with Gasteiger partial charge >= 0.3 is 12.6 Å². The molecule has 9 heteroatoms. The van der Waals surface area contributed by atoms with E-state index in [1.54, 1.807) is 13.0 Å². The monoisotopic (exact) mass is 400 g/mol. The number of methoxy groups -OCH3 is 2. The molecule has 27 heavy (non-hydrogen) atoms. The van der Waals surface area contributed by atoms with E-state index in [0.29, 0.717) is 28.5 Å². The van der Waals surface area contributed by atoms with Crippen molar-refractivity contribution < 1.29 is 27.8 Å². The van der Waals surface area contributed by atoms with Gasteiger partial charge in [-0.3, -0.25) is 0 Å². The van der Waals surface area contributed by atoms with Crippen molar-refractivity contribution in [1.82, 2.24) is 10.2 Å². The van der Waals surface area contributed by atoms with Crippen molar-refractivity contribution in [2.45, 2.75) is 32.9 Å². The SMILES string of the molecule is CCCN1C(=S)N[C@@H](c2ccc(OC)c(OC(F)F)c2)C(C(=O)OC)=C1C. The molecule has 0 spiro atoms. The van der Waals surface area contributed by atoms with Gasteiger partial charge in [-0.15, -0.1) is 0 Å². The lowest BCUT2D eigenvalue weighted by atomic mass is 9.94. The third-order valence-corrected chi connectivity index (χ3v) is 4.52. The summed E-state index contributed by atoms with van der Waals surface area (Å²) in [7, 11) is 2.64. The van der Waals surface area contributed by atoms with E-state index in [9.17, 15) is 13.6 Å². The Morgan fingerprint density at radius 1 is 1.33 bits per heavy atom. The molecule has 148 valence electrons. The summed E-state index contributed by atoms with van der Waals surface area (Å²) >= 11 is 5.43. The Hall–Kier alpha value is -2.42. The molecule has 0 saturated carbocycles. The molecule has 6 nitrogen and oxygen atoms in total. The molecule has 0 unspecified atom stereocenters. The average molecular weight is 400 g/mol. The number of ether oxygens (including phenoxy) is 3. The van der Waals surface area contributed by atoms with E-state index in [1.165, 1.54) is 26.4 Å². The van der Waals surface area contributed by atoms with E-state index in [0.717, 1.165) is 6.42 Å². The van der Waals surface area contributed by atoms with Crippen molar-refractivity contribution in [3.05, 3.63) is 35.0 Å². The van der Waals surface area contributed by atoms with Gasteiger partial charge in [0.05, 0.1) is 25.8 Å². The summed E-state index contributed by atoms with van der Waals surface area (Å²) in [6, 6.07) is 3.89. The zero-order valence-electron chi connectivity index (χ0n) is 15.5. The first-order chi connectivity index (χ1) is 12.8. The summed E-state index contributed by atoms with van der Waals surface area (Å²) in [5, 5.41) is 3.54. The summed E-state index contributed by atoms with van der Waals surface area (Å²) in [6.07, 6.45) is 0.827. The maximum absolute atomic E-state index is 12.7. The number of thiocarbonyl (C=S) groups is 1. The predicted molar refractivity (Wildman–Crippen MR) is 99.8 cm³/mol. The van der Waals surface area contributed by atoms with Crippen LogP contribution in [-0.2, 0) is 9.53 Å². The lowest BCUT2D eigenvalue weighted by Gasteiger charge is -2.37. The van der Waals surface area contributed by atoms with Gasteiger partial charge in [0.15, 0.2) is 16.6 Å². The third kappa shape index (κ3) is 4.47. The standard InChI is InChI=1S/C18H22F2N2O4S/c1-5-8-22-10(2)14(16(23)25-4)15(21-18(22)27)11-6-7-12(24-3)13(9-11)26-17(19)20/h6-7,9,15,17H,5,8H2,1-4H3,(H,21,27)/t15-/m0/s1. The molecule has 0 amide bonds. The largest absolute Gasteiger partial charge is 0.493 e. The molecule has 0 fully saturated rings. The Morgan fingerprint density at radius 3 is 2.59 bits per heavy atom. The molecule has 0 aromatic heterocycles. The highest BCUT2D eigenvalue weighted by atomic mass is 32.1. The number of carbonyl (C=O) groups excluding carboxylic acids is 1. The highest BCUT2D eigenvalue weighted by molar-refractivity contribution is 7.80. The van der Waals surface area contributed by atoms with Crippen molar-refractivity contribution in [2.75, 3.05) is 20.8 Å². The van der Waals surface area contributed by atoms with Gasteiger partial charge in [0.25, 0.3) is 0 Å². The molecule has 1 N–H and O–H groups in total.